The van der Waals surface area contributed by atoms with Crippen molar-refractivity contribution in [3.63, 3.8) is 0 Å². The summed E-state index contributed by atoms with van der Waals surface area (Å²) >= 11 is 0. The van der Waals surface area contributed by atoms with Crippen molar-refractivity contribution in [1.29, 1.82) is 0 Å². The number of fused-ring (bicyclic) bond motifs is 1. The van der Waals surface area contributed by atoms with Gasteiger partial charge in [-0.15, -0.1) is 0 Å². The first-order chi connectivity index (χ1) is 17.1. The Balaban J connectivity index is 1.87. The van der Waals surface area contributed by atoms with E-state index in [9.17, 15) is 9.59 Å². The molecule has 0 fully saturated rings. The predicted octanol–water partition coefficient (Wildman–Crippen LogP) is 4.43. The number of anilines is 1. The zero-order valence-corrected chi connectivity index (χ0v) is 23.2. The fraction of sp³-hybridized carbons (Fsp3) is 0.621. The number of hydrogen-bond acceptors (Lipinski definition) is 4. The van der Waals surface area contributed by atoms with Crippen molar-refractivity contribution >= 4 is 17.5 Å². The van der Waals surface area contributed by atoms with Crippen molar-refractivity contribution in [1.82, 2.24) is 19.6 Å². The third-order valence-electron chi connectivity index (χ3n) is 6.77. The average Bonchev–Trinajstić information content (AvgIpc) is 3.11. The zero-order chi connectivity index (χ0) is 26.2. The number of aromatic nitrogens is 2. The number of rotatable bonds is 7. The summed E-state index contributed by atoms with van der Waals surface area (Å²) in [7, 11) is 1.92. The van der Waals surface area contributed by atoms with E-state index in [1.54, 1.807) is 0 Å². The monoisotopic (exact) mass is 495 g/mol. The summed E-state index contributed by atoms with van der Waals surface area (Å²) in [6.45, 7) is 15.3. The van der Waals surface area contributed by atoms with E-state index >= 15 is 0 Å². The Bertz CT molecular complexity index is 1010. The number of aryl methyl sites for hydroxylation is 3. The fourth-order valence-electron chi connectivity index (χ4n) is 5.06. The van der Waals surface area contributed by atoms with E-state index in [-0.39, 0.29) is 11.8 Å². The normalized spacial score (nSPS) is 15.8. The molecule has 2 heterocycles. The van der Waals surface area contributed by atoms with E-state index in [0.29, 0.717) is 50.7 Å². The van der Waals surface area contributed by atoms with E-state index in [4.69, 9.17) is 0 Å². The van der Waals surface area contributed by atoms with E-state index in [1.807, 2.05) is 52.8 Å². The first-order valence-corrected chi connectivity index (χ1v) is 13.5. The van der Waals surface area contributed by atoms with Crippen molar-refractivity contribution in [2.75, 3.05) is 37.6 Å². The number of para-hydroxylation sites is 1. The minimum Gasteiger partial charge on any atom is -0.337 e. The molecule has 198 valence electrons. The minimum atomic E-state index is 0.150. The smallest absolute Gasteiger partial charge is 0.227 e. The van der Waals surface area contributed by atoms with Gasteiger partial charge in [-0.05, 0) is 55.3 Å². The molecule has 0 radical (unpaired) electrons. The molecule has 0 unspecified atom stereocenters. The van der Waals surface area contributed by atoms with Gasteiger partial charge in [-0.1, -0.05) is 45.9 Å². The Morgan fingerprint density at radius 2 is 1.72 bits per heavy atom. The van der Waals surface area contributed by atoms with Gasteiger partial charge >= 0.3 is 0 Å². The topological polar surface area (TPSA) is 61.7 Å². The van der Waals surface area contributed by atoms with Gasteiger partial charge < -0.3 is 14.7 Å². The number of carbonyl (C=O) groups excluding carboxylic acids is 2. The van der Waals surface area contributed by atoms with Gasteiger partial charge in [-0.25, -0.2) is 0 Å². The second-order valence-corrected chi connectivity index (χ2v) is 11.0. The number of benzene rings is 1. The minimum absolute atomic E-state index is 0.150. The molecule has 0 N–H and O–H groups in total. The molecule has 36 heavy (non-hydrogen) atoms. The highest BCUT2D eigenvalue weighted by Crippen LogP contribution is 2.25. The second-order valence-electron chi connectivity index (χ2n) is 11.0. The molecular weight excluding hydrogens is 450 g/mol. The maximum Gasteiger partial charge on any atom is 0.227 e. The van der Waals surface area contributed by atoms with Crippen LogP contribution in [-0.4, -0.2) is 64.1 Å². The highest BCUT2D eigenvalue weighted by atomic mass is 16.2. The zero-order valence-electron chi connectivity index (χ0n) is 23.2. The summed E-state index contributed by atoms with van der Waals surface area (Å²) in [5.41, 5.74) is 4.09. The van der Waals surface area contributed by atoms with Gasteiger partial charge in [0, 0.05) is 64.5 Å². The number of nitrogens with zero attached hydrogens (tertiary/aromatic N) is 5. The molecular formula is C29H45N5O2. The van der Waals surface area contributed by atoms with Crippen LogP contribution < -0.4 is 4.90 Å². The molecule has 0 saturated heterocycles. The largest absolute Gasteiger partial charge is 0.337 e. The van der Waals surface area contributed by atoms with Crippen LogP contribution in [0.5, 0.6) is 0 Å². The molecule has 2 aromatic rings. The molecule has 0 bridgehead atoms. The second kappa shape index (κ2) is 13.0. The SMILES string of the molecule is Cc1nn(C)cc1CCC(=O)N1CCN(CC(C)C)CCCN(C(=O)CC(C)C)c2ccccc2C1. The molecule has 3 rings (SSSR count). The summed E-state index contributed by atoms with van der Waals surface area (Å²) < 4.78 is 1.81. The molecule has 0 spiro atoms. The van der Waals surface area contributed by atoms with Gasteiger partial charge in [-0.3, -0.25) is 14.3 Å². The van der Waals surface area contributed by atoms with Crippen LogP contribution in [-0.2, 0) is 29.6 Å². The lowest BCUT2D eigenvalue weighted by molar-refractivity contribution is -0.132. The summed E-state index contributed by atoms with van der Waals surface area (Å²) in [5.74, 6) is 1.16. The van der Waals surface area contributed by atoms with Gasteiger partial charge in [0.15, 0.2) is 0 Å². The van der Waals surface area contributed by atoms with Crippen molar-refractivity contribution in [2.24, 2.45) is 18.9 Å². The quantitative estimate of drug-likeness (QED) is 0.570. The lowest BCUT2D eigenvalue weighted by atomic mass is 10.1. The highest BCUT2D eigenvalue weighted by molar-refractivity contribution is 5.94. The van der Waals surface area contributed by atoms with Crippen LogP contribution in [0.1, 0.15) is 63.8 Å². The number of hydrogen-bond donors (Lipinski definition) is 0. The van der Waals surface area contributed by atoms with Crippen molar-refractivity contribution in [2.45, 2.75) is 66.8 Å². The lowest BCUT2D eigenvalue weighted by Crippen LogP contribution is -2.40. The Labute approximate surface area is 217 Å². The Morgan fingerprint density at radius 1 is 0.972 bits per heavy atom. The Kier molecular flexibility index (Phi) is 10.1. The summed E-state index contributed by atoms with van der Waals surface area (Å²) in [6, 6.07) is 8.12. The van der Waals surface area contributed by atoms with Crippen LogP contribution in [0.2, 0.25) is 0 Å². The molecule has 2 amide bonds. The van der Waals surface area contributed by atoms with Crippen LogP contribution in [0.3, 0.4) is 0 Å². The predicted molar refractivity (Wildman–Crippen MR) is 146 cm³/mol. The Morgan fingerprint density at radius 3 is 2.39 bits per heavy atom. The molecule has 0 atom stereocenters. The molecule has 0 aliphatic carbocycles. The maximum absolute atomic E-state index is 13.5. The lowest BCUT2D eigenvalue weighted by Gasteiger charge is -2.29. The number of carbonyl (C=O) groups is 2. The first-order valence-electron chi connectivity index (χ1n) is 13.5. The molecule has 7 heteroatoms. The van der Waals surface area contributed by atoms with E-state index < -0.39 is 0 Å². The van der Waals surface area contributed by atoms with E-state index in [2.05, 4.69) is 43.8 Å². The average molecular weight is 496 g/mol. The van der Waals surface area contributed by atoms with Crippen molar-refractivity contribution in [3.05, 3.63) is 47.3 Å². The van der Waals surface area contributed by atoms with Gasteiger partial charge in [0.25, 0.3) is 0 Å². The van der Waals surface area contributed by atoms with Crippen LogP contribution in [0.4, 0.5) is 5.69 Å². The standard InChI is InChI=1S/C29H45N5O2/c1-22(2)18-29(36)34-15-9-14-32(19-23(3)4)16-17-33(21-26-10-7-8-11-27(26)34)28(35)13-12-25-20-31(6)30-24(25)5/h7-8,10-11,20,22-23H,9,12-19,21H2,1-6H3. The van der Waals surface area contributed by atoms with Crippen LogP contribution in [0.25, 0.3) is 0 Å². The summed E-state index contributed by atoms with van der Waals surface area (Å²) in [4.78, 5) is 33.3. The van der Waals surface area contributed by atoms with E-state index in [0.717, 1.165) is 48.6 Å². The first kappa shape index (κ1) is 27.9. The molecule has 7 nitrogen and oxygen atoms in total. The van der Waals surface area contributed by atoms with Crippen molar-refractivity contribution in [3.8, 4) is 0 Å². The third-order valence-corrected chi connectivity index (χ3v) is 6.77. The van der Waals surface area contributed by atoms with Crippen LogP contribution >= 0.6 is 0 Å². The molecule has 1 aliphatic rings. The number of amides is 2. The molecule has 1 aliphatic heterocycles. The summed E-state index contributed by atoms with van der Waals surface area (Å²) in [6.07, 6.45) is 4.59. The van der Waals surface area contributed by atoms with Gasteiger partial charge in [-0.2, -0.15) is 5.10 Å². The fourth-order valence-corrected chi connectivity index (χ4v) is 5.06. The van der Waals surface area contributed by atoms with Gasteiger partial charge in [0.05, 0.1) is 5.69 Å². The third kappa shape index (κ3) is 7.92. The van der Waals surface area contributed by atoms with E-state index in [1.165, 1.54) is 0 Å². The van der Waals surface area contributed by atoms with Crippen molar-refractivity contribution < 1.29 is 9.59 Å². The summed E-state index contributed by atoms with van der Waals surface area (Å²) in [5, 5.41) is 4.42. The van der Waals surface area contributed by atoms with Gasteiger partial charge in [0.2, 0.25) is 11.8 Å². The molecule has 1 aromatic carbocycles. The van der Waals surface area contributed by atoms with Crippen LogP contribution in [0.15, 0.2) is 30.5 Å². The Hall–Kier alpha value is -2.67. The van der Waals surface area contributed by atoms with Crippen LogP contribution in [0, 0.1) is 18.8 Å². The molecule has 1 aromatic heterocycles. The highest BCUT2D eigenvalue weighted by Gasteiger charge is 2.24. The molecule has 0 saturated carbocycles. The maximum atomic E-state index is 13.5. The van der Waals surface area contributed by atoms with Gasteiger partial charge in [0.1, 0.15) is 0 Å².